The maximum atomic E-state index is 14.5. The fourth-order valence-electron chi connectivity index (χ4n) is 5.59. The number of hydrogen-bond donors (Lipinski definition) is 1. The van der Waals surface area contributed by atoms with Gasteiger partial charge in [0.1, 0.15) is 29.8 Å². The van der Waals surface area contributed by atoms with Crippen molar-refractivity contribution in [2.24, 2.45) is 5.73 Å². The molecule has 46 heavy (non-hydrogen) atoms. The van der Waals surface area contributed by atoms with E-state index in [-0.39, 0.29) is 43.0 Å². The Morgan fingerprint density at radius 1 is 1.22 bits per heavy atom. The van der Waals surface area contributed by atoms with Gasteiger partial charge in [0.2, 0.25) is 5.91 Å². The van der Waals surface area contributed by atoms with E-state index in [1.807, 2.05) is 23.1 Å². The number of primary amides is 1. The van der Waals surface area contributed by atoms with E-state index in [1.54, 1.807) is 69.1 Å². The Hall–Kier alpha value is -4.63. The molecule has 1 unspecified atom stereocenters. The lowest BCUT2D eigenvalue weighted by Crippen LogP contribution is -2.45. The average molecular weight is 646 g/mol. The second kappa shape index (κ2) is 13.8. The molecule has 2 aromatic carbocycles. The molecule has 12 heteroatoms. The zero-order chi connectivity index (χ0) is 33.0. The van der Waals surface area contributed by atoms with E-state index in [4.69, 9.17) is 20.5 Å². The van der Waals surface area contributed by atoms with Gasteiger partial charge in [0.25, 0.3) is 5.91 Å². The lowest BCUT2D eigenvalue weighted by molar-refractivity contribution is -0.155. The van der Waals surface area contributed by atoms with Gasteiger partial charge in [-0.3, -0.25) is 14.4 Å². The summed E-state index contributed by atoms with van der Waals surface area (Å²) < 4.78 is 25.9. The van der Waals surface area contributed by atoms with E-state index < -0.39 is 23.5 Å². The number of esters is 1. The number of carbonyl (C=O) groups excluding carboxylic acids is 3. The summed E-state index contributed by atoms with van der Waals surface area (Å²) in [7, 11) is 0. The molecule has 0 saturated carbocycles. The quantitative estimate of drug-likeness (QED) is 0.286. The highest BCUT2D eigenvalue weighted by Crippen LogP contribution is 2.35. The molecule has 1 fully saturated rings. The van der Waals surface area contributed by atoms with Crippen molar-refractivity contribution in [3.8, 4) is 11.8 Å². The van der Waals surface area contributed by atoms with Crippen LogP contribution in [0.15, 0.2) is 59.8 Å². The fourth-order valence-corrected chi connectivity index (χ4v) is 6.67. The van der Waals surface area contributed by atoms with Gasteiger partial charge in [0, 0.05) is 47.6 Å². The number of ether oxygens (including phenoxy) is 2. The SMILES string of the molecule is CC(C)(C)OC(=O)CC[C@@H](C(N)=O)N1Cc2c(OCc3ccc(SC4CCN(c5ccc(C#N)cc5F)C4)nc3)cccc2C1=O. The third-order valence-electron chi connectivity index (χ3n) is 7.74. The van der Waals surface area contributed by atoms with Gasteiger partial charge in [-0.2, -0.15) is 5.26 Å². The molecule has 0 radical (unpaired) electrons. The number of aromatic nitrogens is 1. The van der Waals surface area contributed by atoms with Crippen molar-refractivity contribution in [1.29, 1.82) is 5.26 Å². The topological polar surface area (TPSA) is 139 Å². The molecule has 3 aromatic rings. The second-order valence-electron chi connectivity index (χ2n) is 12.3. The Bertz CT molecular complexity index is 1670. The minimum absolute atomic E-state index is 0.0513. The van der Waals surface area contributed by atoms with E-state index in [1.165, 1.54) is 11.0 Å². The zero-order valence-electron chi connectivity index (χ0n) is 26.0. The summed E-state index contributed by atoms with van der Waals surface area (Å²) in [6.45, 7) is 7.02. The number of thioether (sulfide) groups is 1. The molecule has 2 atom stereocenters. The summed E-state index contributed by atoms with van der Waals surface area (Å²) in [5.41, 5.74) is 7.73. The first-order valence-corrected chi connectivity index (χ1v) is 15.9. The van der Waals surface area contributed by atoms with Crippen LogP contribution in [0.5, 0.6) is 5.75 Å². The number of hydrogen-bond acceptors (Lipinski definition) is 9. The molecular formula is C34H36FN5O5S. The number of amides is 2. The number of fused-ring (bicyclic) bond motifs is 1. The largest absolute Gasteiger partial charge is 0.488 e. The number of benzene rings is 2. The van der Waals surface area contributed by atoms with Crippen LogP contribution in [0.25, 0.3) is 0 Å². The van der Waals surface area contributed by atoms with E-state index in [9.17, 15) is 18.8 Å². The van der Waals surface area contributed by atoms with Crippen molar-refractivity contribution >= 4 is 35.2 Å². The Morgan fingerprint density at radius 2 is 2.02 bits per heavy atom. The summed E-state index contributed by atoms with van der Waals surface area (Å²) >= 11 is 1.64. The smallest absolute Gasteiger partial charge is 0.306 e. The maximum Gasteiger partial charge on any atom is 0.306 e. The van der Waals surface area contributed by atoms with Crippen LogP contribution in [-0.4, -0.2) is 57.6 Å². The van der Waals surface area contributed by atoms with Crippen LogP contribution in [-0.2, 0) is 27.5 Å². The number of halogens is 1. The van der Waals surface area contributed by atoms with Gasteiger partial charge in [-0.15, -0.1) is 11.8 Å². The monoisotopic (exact) mass is 645 g/mol. The molecule has 10 nitrogen and oxygen atoms in total. The molecule has 0 aliphatic carbocycles. The third kappa shape index (κ3) is 7.77. The summed E-state index contributed by atoms with van der Waals surface area (Å²) in [6, 6.07) is 14.6. The second-order valence-corrected chi connectivity index (χ2v) is 13.6. The molecule has 0 bridgehead atoms. The first-order chi connectivity index (χ1) is 21.9. The summed E-state index contributed by atoms with van der Waals surface area (Å²) in [6.07, 6.45) is 2.63. The van der Waals surface area contributed by atoms with Crippen LogP contribution in [0, 0.1) is 17.1 Å². The fraction of sp³-hybridized carbons (Fsp3) is 0.382. The van der Waals surface area contributed by atoms with Crippen molar-refractivity contribution < 1.29 is 28.2 Å². The number of anilines is 1. The van der Waals surface area contributed by atoms with E-state index in [2.05, 4.69) is 4.98 Å². The molecule has 2 N–H and O–H groups in total. The highest BCUT2D eigenvalue weighted by molar-refractivity contribution is 7.99. The number of nitrogens with zero attached hydrogens (tertiary/aromatic N) is 4. The number of carbonyl (C=O) groups is 3. The van der Waals surface area contributed by atoms with Crippen molar-refractivity contribution in [3.05, 3.63) is 82.8 Å². The van der Waals surface area contributed by atoms with Crippen molar-refractivity contribution in [1.82, 2.24) is 9.88 Å². The third-order valence-corrected chi connectivity index (χ3v) is 8.94. The van der Waals surface area contributed by atoms with Crippen LogP contribution in [0.1, 0.15) is 67.1 Å². The molecule has 0 spiro atoms. The normalized spacial score (nSPS) is 16.6. The Balaban J connectivity index is 1.16. The minimum Gasteiger partial charge on any atom is -0.488 e. The van der Waals surface area contributed by atoms with Gasteiger partial charge < -0.3 is 25.0 Å². The summed E-state index contributed by atoms with van der Waals surface area (Å²) in [4.78, 5) is 45.8. The molecule has 2 aliphatic heterocycles. The standard InChI is InChI=1S/C34H36FN5O5S/c1-34(2,3)45-31(41)12-10-28(32(37)42)40-19-25-24(33(40)43)5-4-6-29(25)44-20-22-8-11-30(38-17-22)46-23-13-14-39(18-23)27-9-7-21(16-36)15-26(27)35/h4-9,11,15,17,23,28H,10,12-14,18-20H2,1-3H3,(H2,37,42)/t23?,28-/m0/s1. The van der Waals surface area contributed by atoms with Crippen LogP contribution in [0.2, 0.25) is 0 Å². The van der Waals surface area contributed by atoms with Gasteiger partial charge in [0.05, 0.1) is 28.9 Å². The highest BCUT2D eigenvalue weighted by atomic mass is 32.2. The molecule has 2 amide bonds. The number of pyridine rings is 1. The molecule has 240 valence electrons. The van der Waals surface area contributed by atoms with E-state index in [0.29, 0.717) is 34.7 Å². The Labute approximate surface area is 271 Å². The number of nitriles is 1. The molecule has 1 aromatic heterocycles. The van der Waals surface area contributed by atoms with Crippen molar-refractivity contribution in [3.63, 3.8) is 0 Å². The first kappa shape index (κ1) is 32.8. The zero-order valence-corrected chi connectivity index (χ0v) is 26.8. The molecule has 5 rings (SSSR count). The van der Waals surface area contributed by atoms with Crippen molar-refractivity contribution in [2.75, 3.05) is 18.0 Å². The highest BCUT2D eigenvalue weighted by Gasteiger charge is 2.37. The van der Waals surface area contributed by atoms with Gasteiger partial charge in [-0.25, -0.2) is 9.37 Å². The lowest BCUT2D eigenvalue weighted by Gasteiger charge is -2.26. The molecular weight excluding hydrogens is 609 g/mol. The van der Waals surface area contributed by atoms with Crippen molar-refractivity contribution in [2.45, 2.75) is 75.1 Å². The van der Waals surface area contributed by atoms with E-state index >= 15 is 0 Å². The van der Waals surface area contributed by atoms with Gasteiger partial charge in [0.15, 0.2) is 0 Å². The Kier molecular flexibility index (Phi) is 9.82. The maximum absolute atomic E-state index is 14.5. The molecule has 2 aliphatic rings. The van der Waals surface area contributed by atoms with Crippen LogP contribution in [0.4, 0.5) is 10.1 Å². The van der Waals surface area contributed by atoms with Crippen LogP contribution in [0.3, 0.4) is 0 Å². The number of nitrogens with two attached hydrogens (primary N) is 1. The average Bonchev–Trinajstić information content (AvgIpc) is 3.60. The van der Waals surface area contributed by atoms with Gasteiger partial charge in [-0.1, -0.05) is 12.1 Å². The van der Waals surface area contributed by atoms with E-state index in [0.717, 1.165) is 23.6 Å². The van der Waals surface area contributed by atoms with Gasteiger partial charge >= 0.3 is 5.97 Å². The predicted octanol–water partition coefficient (Wildman–Crippen LogP) is 4.97. The molecule has 3 heterocycles. The van der Waals surface area contributed by atoms with Crippen LogP contribution >= 0.6 is 11.8 Å². The minimum atomic E-state index is -0.968. The predicted molar refractivity (Wildman–Crippen MR) is 171 cm³/mol. The number of rotatable bonds is 11. The van der Waals surface area contributed by atoms with Crippen LogP contribution < -0.4 is 15.4 Å². The Morgan fingerprint density at radius 3 is 2.70 bits per heavy atom. The summed E-state index contributed by atoms with van der Waals surface area (Å²) in [5.74, 6) is -1.37. The first-order valence-electron chi connectivity index (χ1n) is 15.0. The van der Waals surface area contributed by atoms with Gasteiger partial charge in [-0.05, 0) is 70.0 Å². The molecule has 1 saturated heterocycles. The summed E-state index contributed by atoms with van der Waals surface area (Å²) in [5, 5.41) is 10.1. The lowest BCUT2D eigenvalue weighted by atomic mass is 10.1.